The Hall–Kier alpha value is -3.97. The predicted octanol–water partition coefficient (Wildman–Crippen LogP) is 4.26. The second-order valence-corrected chi connectivity index (χ2v) is 8.17. The molecule has 0 saturated heterocycles. The zero-order valence-corrected chi connectivity index (χ0v) is 18.7. The van der Waals surface area contributed by atoms with Gasteiger partial charge in [0.1, 0.15) is 11.8 Å². The molecule has 0 fully saturated rings. The number of aryl methyl sites for hydroxylation is 2. The van der Waals surface area contributed by atoms with Gasteiger partial charge >= 0.3 is 5.97 Å². The summed E-state index contributed by atoms with van der Waals surface area (Å²) in [5.74, 6) is -1.17. The SMILES string of the molecule is CC1=NN(c2ccc(C)c(C)c2)C(=O)C1NCc1cccc(-c2cccc(C(=O)O)c2)c1O. The number of hydrogen-bond acceptors (Lipinski definition) is 5. The Labute approximate surface area is 192 Å². The first-order chi connectivity index (χ1) is 15.8. The minimum absolute atomic E-state index is 0.0404. The van der Waals surface area contributed by atoms with Gasteiger partial charge in [-0.2, -0.15) is 10.1 Å². The Morgan fingerprint density at radius 1 is 1.03 bits per heavy atom. The Kier molecular flexibility index (Phi) is 5.98. The van der Waals surface area contributed by atoms with E-state index in [9.17, 15) is 19.8 Å². The summed E-state index contributed by atoms with van der Waals surface area (Å²) in [4.78, 5) is 24.3. The van der Waals surface area contributed by atoms with E-state index in [0.717, 1.165) is 16.8 Å². The van der Waals surface area contributed by atoms with Gasteiger partial charge in [-0.25, -0.2) is 4.79 Å². The van der Waals surface area contributed by atoms with Crippen LogP contribution in [0.15, 0.2) is 65.8 Å². The van der Waals surface area contributed by atoms with Crippen molar-refractivity contribution in [2.24, 2.45) is 5.10 Å². The Morgan fingerprint density at radius 2 is 1.79 bits per heavy atom. The molecule has 3 aromatic rings. The molecule has 1 amide bonds. The van der Waals surface area contributed by atoms with Gasteiger partial charge in [-0.05, 0) is 61.7 Å². The first-order valence-corrected chi connectivity index (χ1v) is 10.6. The Morgan fingerprint density at radius 3 is 2.52 bits per heavy atom. The number of aromatic hydroxyl groups is 1. The van der Waals surface area contributed by atoms with E-state index in [2.05, 4.69) is 10.4 Å². The Bertz CT molecular complexity index is 1280. The molecule has 3 aromatic carbocycles. The van der Waals surface area contributed by atoms with Gasteiger partial charge in [0, 0.05) is 17.7 Å². The number of carboxylic acid groups (broad SMARTS) is 1. The van der Waals surface area contributed by atoms with E-state index in [1.165, 1.54) is 17.1 Å². The molecule has 0 aromatic heterocycles. The average molecular weight is 444 g/mol. The van der Waals surface area contributed by atoms with Gasteiger partial charge in [-0.15, -0.1) is 0 Å². The number of phenols is 1. The highest BCUT2D eigenvalue weighted by molar-refractivity contribution is 6.18. The quantitative estimate of drug-likeness (QED) is 0.528. The summed E-state index contributed by atoms with van der Waals surface area (Å²) in [5, 5.41) is 29.1. The van der Waals surface area contributed by atoms with Crippen LogP contribution in [-0.2, 0) is 11.3 Å². The van der Waals surface area contributed by atoms with Crippen LogP contribution in [0.3, 0.4) is 0 Å². The standard InChI is InChI=1S/C26H25N3O4/c1-15-10-11-21(12-16(15)2)29-25(31)23(17(3)28-29)27-14-20-8-5-9-22(24(20)30)18-6-4-7-19(13-18)26(32)33/h4-13,23,27,30H,14H2,1-3H3,(H,32,33). The maximum atomic E-state index is 13.0. The summed E-state index contributed by atoms with van der Waals surface area (Å²) in [7, 11) is 0. The van der Waals surface area contributed by atoms with Crippen LogP contribution in [0.5, 0.6) is 5.75 Å². The first kappa shape index (κ1) is 22.2. The van der Waals surface area contributed by atoms with Crippen LogP contribution in [0.4, 0.5) is 5.69 Å². The zero-order chi connectivity index (χ0) is 23.7. The molecule has 1 atom stereocenters. The second kappa shape index (κ2) is 8.88. The van der Waals surface area contributed by atoms with E-state index in [4.69, 9.17) is 0 Å². The normalized spacial score (nSPS) is 15.6. The topological polar surface area (TPSA) is 102 Å². The van der Waals surface area contributed by atoms with Crippen molar-refractivity contribution in [3.63, 3.8) is 0 Å². The molecular formula is C26H25N3O4. The molecule has 1 aliphatic heterocycles. The van der Waals surface area contributed by atoms with E-state index in [1.807, 2.05) is 32.0 Å². The highest BCUT2D eigenvalue weighted by Gasteiger charge is 2.34. The molecule has 7 heteroatoms. The minimum Gasteiger partial charge on any atom is -0.507 e. The van der Waals surface area contributed by atoms with Gasteiger partial charge in [0.25, 0.3) is 5.91 Å². The van der Waals surface area contributed by atoms with E-state index in [0.29, 0.717) is 22.4 Å². The number of hydrogen-bond donors (Lipinski definition) is 3. The lowest BCUT2D eigenvalue weighted by Gasteiger charge is -2.17. The first-order valence-electron chi connectivity index (χ1n) is 10.6. The lowest BCUT2D eigenvalue weighted by atomic mass is 9.99. The number of amides is 1. The van der Waals surface area contributed by atoms with Crippen molar-refractivity contribution in [3.05, 3.63) is 82.9 Å². The second-order valence-electron chi connectivity index (χ2n) is 8.17. The number of carbonyl (C=O) groups excluding carboxylic acids is 1. The average Bonchev–Trinajstić information content (AvgIpc) is 3.08. The smallest absolute Gasteiger partial charge is 0.335 e. The number of para-hydroxylation sites is 1. The summed E-state index contributed by atoms with van der Waals surface area (Å²) in [5.41, 5.74) is 5.45. The molecule has 1 aliphatic rings. The number of nitrogens with one attached hydrogen (secondary N) is 1. The summed E-state index contributed by atoms with van der Waals surface area (Å²) in [6.07, 6.45) is 0. The highest BCUT2D eigenvalue weighted by Crippen LogP contribution is 2.33. The molecule has 7 nitrogen and oxygen atoms in total. The molecule has 0 radical (unpaired) electrons. The molecule has 4 rings (SSSR count). The molecule has 0 aliphatic carbocycles. The number of nitrogens with zero attached hydrogens (tertiary/aromatic N) is 2. The molecular weight excluding hydrogens is 418 g/mol. The number of carboxylic acids is 1. The fourth-order valence-corrected chi connectivity index (χ4v) is 3.84. The zero-order valence-electron chi connectivity index (χ0n) is 18.7. The van der Waals surface area contributed by atoms with Gasteiger partial charge in [0.2, 0.25) is 0 Å². The maximum absolute atomic E-state index is 13.0. The minimum atomic E-state index is -1.03. The van der Waals surface area contributed by atoms with Gasteiger partial charge in [-0.1, -0.05) is 36.4 Å². The summed E-state index contributed by atoms with van der Waals surface area (Å²) < 4.78 is 0. The van der Waals surface area contributed by atoms with Crippen LogP contribution in [0, 0.1) is 13.8 Å². The highest BCUT2D eigenvalue weighted by atomic mass is 16.4. The van der Waals surface area contributed by atoms with E-state index >= 15 is 0 Å². The van der Waals surface area contributed by atoms with Crippen molar-refractivity contribution >= 4 is 23.3 Å². The number of anilines is 1. The number of benzene rings is 3. The van der Waals surface area contributed by atoms with E-state index < -0.39 is 12.0 Å². The number of phenolic OH excluding ortho intramolecular Hbond substituents is 1. The van der Waals surface area contributed by atoms with E-state index in [-0.39, 0.29) is 23.8 Å². The van der Waals surface area contributed by atoms with Crippen LogP contribution in [0.1, 0.15) is 34.0 Å². The third-order valence-electron chi connectivity index (χ3n) is 5.90. The van der Waals surface area contributed by atoms with Gasteiger partial charge in [-0.3, -0.25) is 10.1 Å². The fraction of sp³-hybridized carbons (Fsp3) is 0.192. The van der Waals surface area contributed by atoms with Crippen molar-refractivity contribution in [2.45, 2.75) is 33.4 Å². The van der Waals surface area contributed by atoms with Crippen molar-refractivity contribution in [1.82, 2.24) is 5.32 Å². The number of carbonyl (C=O) groups is 2. The molecule has 0 bridgehead atoms. The molecule has 1 unspecified atom stereocenters. The molecule has 3 N–H and O–H groups in total. The van der Waals surface area contributed by atoms with Gasteiger partial charge in [0.05, 0.1) is 17.0 Å². The predicted molar refractivity (Wildman–Crippen MR) is 128 cm³/mol. The van der Waals surface area contributed by atoms with Gasteiger partial charge < -0.3 is 10.2 Å². The lowest BCUT2D eigenvalue weighted by Crippen LogP contribution is -2.42. The van der Waals surface area contributed by atoms with Crippen LogP contribution in [0.2, 0.25) is 0 Å². The largest absolute Gasteiger partial charge is 0.507 e. The summed E-state index contributed by atoms with van der Waals surface area (Å²) in [6.45, 7) is 6.04. The van der Waals surface area contributed by atoms with E-state index in [1.54, 1.807) is 37.3 Å². The molecule has 0 spiro atoms. The maximum Gasteiger partial charge on any atom is 0.335 e. The number of aromatic carboxylic acids is 1. The van der Waals surface area contributed by atoms with Gasteiger partial charge in [0.15, 0.2) is 0 Å². The van der Waals surface area contributed by atoms with Crippen LogP contribution in [0.25, 0.3) is 11.1 Å². The Balaban J connectivity index is 1.53. The third-order valence-corrected chi connectivity index (χ3v) is 5.90. The lowest BCUT2D eigenvalue weighted by molar-refractivity contribution is -0.118. The number of rotatable bonds is 6. The van der Waals surface area contributed by atoms with Crippen molar-refractivity contribution in [1.29, 1.82) is 0 Å². The van der Waals surface area contributed by atoms with Crippen molar-refractivity contribution < 1.29 is 19.8 Å². The molecule has 168 valence electrons. The fourth-order valence-electron chi connectivity index (χ4n) is 3.84. The molecule has 1 heterocycles. The number of hydrazone groups is 1. The summed E-state index contributed by atoms with van der Waals surface area (Å²) in [6, 6.07) is 16.9. The molecule has 33 heavy (non-hydrogen) atoms. The summed E-state index contributed by atoms with van der Waals surface area (Å²) >= 11 is 0. The van der Waals surface area contributed by atoms with Crippen LogP contribution >= 0.6 is 0 Å². The molecule has 0 saturated carbocycles. The van der Waals surface area contributed by atoms with Crippen LogP contribution < -0.4 is 10.3 Å². The monoisotopic (exact) mass is 443 g/mol. The third kappa shape index (κ3) is 4.36. The van der Waals surface area contributed by atoms with Crippen molar-refractivity contribution in [3.8, 4) is 16.9 Å². The van der Waals surface area contributed by atoms with Crippen molar-refractivity contribution in [2.75, 3.05) is 5.01 Å². The van der Waals surface area contributed by atoms with Crippen LogP contribution in [-0.4, -0.2) is 33.8 Å².